The Kier molecular flexibility index (Phi) is 8.03. The molecule has 0 saturated carbocycles. The van der Waals surface area contributed by atoms with Crippen LogP contribution in [0.1, 0.15) is 51.0 Å². The summed E-state index contributed by atoms with van der Waals surface area (Å²) in [5.74, 6) is 1.06. The number of rotatable bonds is 10. The van der Waals surface area contributed by atoms with Gasteiger partial charge in [0.25, 0.3) is 0 Å². The van der Waals surface area contributed by atoms with Crippen LogP contribution in [-0.2, 0) is 6.42 Å². The predicted molar refractivity (Wildman–Crippen MR) is 79.2 cm³/mol. The number of allylic oxidation sites excluding steroid dienone is 1. The summed E-state index contributed by atoms with van der Waals surface area (Å²) in [7, 11) is 0. The molecule has 0 saturated heterocycles. The van der Waals surface area contributed by atoms with Gasteiger partial charge in [0.2, 0.25) is 0 Å². The first-order chi connectivity index (χ1) is 8.88. The lowest BCUT2D eigenvalue weighted by molar-refractivity contribution is 0.336. The topological polar surface area (TPSA) is 9.23 Å². The van der Waals surface area contributed by atoms with Crippen LogP contribution >= 0.6 is 0 Å². The van der Waals surface area contributed by atoms with Gasteiger partial charge in [-0.1, -0.05) is 43.5 Å². The Balaban J connectivity index is 2.20. The smallest absolute Gasteiger partial charge is 0.122 e. The Labute approximate surface area is 112 Å². The van der Waals surface area contributed by atoms with Crippen LogP contribution in [0.2, 0.25) is 0 Å². The van der Waals surface area contributed by atoms with Crippen LogP contribution < -0.4 is 4.74 Å². The molecule has 18 heavy (non-hydrogen) atoms. The van der Waals surface area contributed by atoms with E-state index >= 15 is 0 Å². The lowest BCUT2D eigenvalue weighted by Gasteiger charge is -2.09. The van der Waals surface area contributed by atoms with Crippen LogP contribution in [0.4, 0.5) is 0 Å². The molecule has 0 amide bonds. The van der Waals surface area contributed by atoms with Gasteiger partial charge in [0.15, 0.2) is 0 Å². The van der Waals surface area contributed by atoms with Crippen molar-refractivity contribution in [3.63, 3.8) is 0 Å². The SMILES string of the molecule is C=CCCCCCCCc1ccccc1OCC. The molecule has 100 valence electrons. The van der Waals surface area contributed by atoms with Gasteiger partial charge in [-0.05, 0) is 44.2 Å². The van der Waals surface area contributed by atoms with E-state index in [4.69, 9.17) is 4.74 Å². The third kappa shape index (κ3) is 5.90. The van der Waals surface area contributed by atoms with Gasteiger partial charge in [-0.2, -0.15) is 0 Å². The van der Waals surface area contributed by atoms with E-state index in [1.807, 2.05) is 19.1 Å². The largest absolute Gasteiger partial charge is 0.494 e. The van der Waals surface area contributed by atoms with E-state index in [2.05, 4.69) is 24.8 Å². The summed E-state index contributed by atoms with van der Waals surface area (Å²) in [6.45, 7) is 6.53. The van der Waals surface area contributed by atoms with Crippen molar-refractivity contribution in [3.8, 4) is 5.75 Å². The molecular weight excluding hydrogens is 220 g/mol. The zero-order valence-electron chi connectivity index (χ0n) is 11.7. The molecule has 0 fully saturated rings. The minimum Gasteiger partial charge on any atom is -0.494 e. The minimum atomic E-state index is 0.749. The lowest BCUT2D eigenvalue weighted by atomic mass is 10.0. The highest BCUT2D eigenvalue weighted by Crippen LogP contribution is 2.20. The second-order valence-electron chi connectivity index (χ2n) is 4.64. The molecule has 0 heterocycles. The van der Waals surface area contributed by atoms with Gasteiger partial charge in [-0.3, -0.25) is 0 Å². The van der Waals surface area contributed by atoms with Crippen molar-refractivity contribution in [1.82, 2.24) is 0 Å². The Morgan fingerprint density at radius 2 is 1.78 bits per heavy atom. The zero-order valence-corrected chi connectivity index (χ0v) is 11.7. The fourth-order valence-corrected chi connectivity index (χ4v) is 2.14. The summed E-state index contributed by atoms with van der Waals surface area (Å²) in [5, 5.41) is 0. The van der Waals surface area contributed by atoms with Crippen molar-refractivity contribution >= 4 is 0 Å². The van der Waals surface area contributed by atoms with Gasteiger partial charge in [0, 0.05) is 0 Å². The summed E-state index contributed by atoms with van der Waals surface area (Å²) in [6.07, 6.45) is 10.8. The molecule has 1 rings (SSSR count). The lowest BCUT2D eigenvalue weighted by Crippen LogP contribution is -1.96. The van der Waals surface area contributed by atoms with Crippen LogP contribution in [0, 0.1) is 0 Å². The third-order valence-corrected chi connectivity index (χ3v) is 3.13. The van der Waals surface area contributed by atoms with Crippen molar-refractivity contribution in [1.29, 1.82) is 0 Å². The molecule has 0 radical (unpaired) electrons. The number of unbranched alkanes of at least 4 members (excludes halogenated alkanes) is 5. The van der Waals surface area contributed by atoms with E-state index in [-0.39, 0.29) is 0 Å². The number of hydrogen-bond acceptors (Lipinski definition) is 1. The monoisotopic (exact) mass is 246 g/mol. The number of hydrogen-bond donors (Lipinski definition) is 0. The molecule has 0 aromatic heterocycles. The zero-order chi connectivity index (χ0) is 13.1. The first-order valence-electron chi connectivity index (χ1n) is 7.20. The molecule has 0 N–H and O–H groups in total. The summed E-state index contributed by atoms with van der Waals surface area (Å²) in [6, 6.07) is 8.40. The van der Waals surface area contributed by atoms with Gasteiger partial charge < -0.3 is 4.74 Å². The first kappa shape index (κ1) is 14.8. The molecule has 1 heteroatoms. The molecule has 1 aromatic rings. The van der Waals surface area contributed by atoms with E-state index in [1.165, 1.54) is 37.7 Å². The molecule has 0 aliphatic heterocycles. The number of para-hydroxylation sites is 1. The Hall–Kier alpha value is -1.24. The van der Waals surface area contributed by atoms with E-state index in [0.29, 0.717) is 0 Å². The Morgan fingerprint density at radius 1 is 1.06 bits per heavy atom. The van der Waals surface area contributed by atoms with Crippen molar-refractivity contribution in [2.45, 2.75) is 51.9 Å². The van der Waals surface area contributed by atoms with Crippen molar-refractivity contribution in [2.24, 2.45) is 0 Å². The summed E-state index contributed by atoms with van der Waals surface area (Å²) < 4.78 is 5.64. The van der Waals surface area contributed by atoms with Gasteiger partial charge in [0.05, 0.1) is 6.61 Å². The molecular formula is C17H26O. The standard InChI is InChI=1S/C17H26O/c1-3-5-6-7-8-9-10-13-16-14-11-12-15-17(16)18-4-2/h3,11-12,14-15H,1,4-10,13H2,2H3. The maximum absolute atomic E-state index is 5.64. The summed E-state index contributed by atoms with van der Waals surface area (Å²) >= 11 is 0. The van der Waals surface area contributed by atoms with E-state index in [9.17, 15) is 0 Å². The van der Waals surface area contributed by atoms with Gasteiger partial charge in [-0.25, -0.2) is 0 Å². The highest BCUT2D eigenvalue weighted by Gasteiger charge is 2.01. The van der Waals surface area contributed by atoms with E-state index in [1.54, 1.807) is 0 Å². The maximum Gasteiger partial charge on any atom is 0.122 e. The molecule has 0 atom stereocenters. The average Bonchev–Trinajstić information content (AvgIpc) is 2.40. The van der Waals surface area contributed by atoms with Crippen LogP contribution in [-0.4, -0.2) is 6.61 Å². The van der Waals surface area contributed by atoms with E-state index in [0.717, 1.165) is 25.2 Å². The van der Waals surface area contributed by atoms with Crippen LogP contribution in [0.15, 0.2) is 36.9 Å². The number of ether oxygens (including phenoxy) is 1. The minimum absolute atomic E-state index is 0.749. The van der Waals surface area contributed by atoms with Crippen LogP contribution in [0.5, 0.6) is 5.75 Å². The number of aryl methyl sites for hydroxylation is 1. The molecule has 0 bridgehead atoms. The van der Waals surface area contributed by atoms with Crippen LogP contribution in [0.3, 0.4) is 0 Å². The fraction of sp³-hybridized carbons (Fsp3) is 0.529. The van der Waals surface area contributed by atoms with Gasteiger partial charge in [-0.15, -0.1) is 6.58 Å². The quantitative estimate of drug-likeness (QED) is 0.409. The highest BCUT2D eigenvalue weighted by molar-refractivity contribution is 5.33. The molecule has 1 aromatic carbocycles. The third-order valence-electron chi connectivity index (χ3n) is 3.13. The van der Waals surface area contributed by atoms with Gasteiger partial charge in [0.1, 0.15) is 5.75 Å². The second-order valence-corrected chi connectivity index (χ2v) is 4.64. The van der Waals surface area contributed by atoms with Gasteiger partial charge >= 0.3 is 0 Å². The normalized spacial score (nSPS) is 10.3. The highest BCUT2D eigenvalue weighted by atomic mass is 16.5. The molecule has 1 nitrogen and oxygen atoms in total. The van der Waals surface area contributed by atoms with Crippen LogP contribution in [0.25, 0.3) is 0 Å². The molecule has 0 aliphatic rings. The first-order valence-corrected chi connectivity index (χ1v) is 7.20. The van der Waals surface area contributed by atoms with Crippen molar-refractivity contribution in [2.75, 3.05) is 6.61 Å². The summed E-state index contributed by atoms with van der Waals surface area (Å²) in [5.41, 5.74) is 1.35. The molecule has 0 spiro atoms. The van der Waals surface area contributed by atoms with E-state index < -0.39 is 0 Å². The van der Waals surface area contributed by atoms with Crippen molar-refractivity contribution in [3.05, 3.63) is 42.5 Å². The maximum atomic E-state index is 5.64. The predicted octanol–water partition coefficient (Wildman–Crippen LogP) is 5.15. The molecule has 0 unspecified atom stereocenters. The second kappa shape index (κ2) is 9.76. The molecule has 0 aliphatic carbocycles. The summed E-state index contributed by atoms with van der Waals surface area (Å²) in [4.78, 5) is 0. The Morgan fingerprint density at radius 3 is 2.56 bits per heavy atom. The fourth-order valence-electron chi connectivity index (χ4n) is 2.14. The number of benzene rings is 1. The van der Waals surface area contributed by atoms with Crippen molar-refractivity contribution < 1.29 is 4.74 Å². The Bertz CT molecular complexity index is 330. The average molecular weight is 246 g/mol.